The fraction of sp³-hybridized carbons (Fsp3) is 0.588. The van der Waals surface area contributed by atoms with Crippen LogP contribution >= 0.6 is 12.4 Å². The Labute approximate surface area is 155 Å². The first-order valence-corrected chi connectivity index (χ1v) is 10.0. The molecule has 140 valence electrons. The predicted molar refractivity (Wildman–Crippen MR) is 99.6 cm³/mol. The van der Waals surface area contributed by atoms with Gasteiger partial charge in [-0.05, 0) is 49.4 Å². The van der Waals surface area contributed by atoms with E-state index in [1.54, 1.807) is 19.1 Å². The molecular weight excluding hydrogens is 362 g/mol. The van der Waals surface area contributed by atoms with Gasteiger partial charge in [0.2, 0.25) is 10.0 Å². The zero-order chi connectivity index (χ0) is 17.2. The highest BCUT2D eigenvalue weighted by Crippen LogP contribution is 2.37. The quantitative estimate of drug-likeness (QED) is 0.822. The molecule has 0 bridgehead atoms. The molecule has 1 amide bonds. The minimum Gasteiger partial charge on any atom is -0.339 e. The number of sulfonamides is 1. The molecule has 2 N–H and O–H groups in total. The lowest BCUT2D eigenvalue weighted by molar-refractivity contribution is 0.0607. The Balaban J connectivity index is 0.00000225. The Morgan fingerprint density at radius 1 is 1.28 bits per heavy atom. The fourth-order valence-corrected chi connectivity index (χ4v) is 4.75. The average Bonchev–Trinajstić information content (AvgIpc) is 3.03. The number of likely N-dealkylation sites (tertiary alicyclic amines) is 1. The van der Waals surface area contributed by atoms with E-state index in [0.717, 1.165) is 39.0 Å². The van der Waals surface area contributed by atoms with E-state index in [1.807, 2.05) is 4.90 Å². The normalized spacial score (nSPS) is 19.6. The maximum Gasteiger partial charge on any atom is 0.253 e. The summed E-state index contributed by atoms with van der Waals surface area (Å²) in [5.74, 6) is -0.0793. The average molecular weight is 388 g/mol. The van der Waals surface area contributed by atoms with Crippen LogP contribution in [0.1, 0.15) is 36.5 Å². The second-order valence-electron chi connectivity index (χ2n) is 6.75. The zero-order valence-corrected chi connectivity index (χ0v) is 16.1. The predicted octanol–water partition coefficient (Wildman–Crippen LogP) is 1.62. The Hall–Kier alpha value is -1.15. The molecule has 25 heavy (non-hydrogen) atoms. The van der Waals surface area contributed by atoms with Gasteiger partial charge in [0.05, 0.1) is 4.90 Å². The number of carbonyl (C=O) groups is 1. The van der Waals surface area contributed by atoms with Crippen molar-refractivity contribution in [3.8, 4) is 0 Å². The summed E-state index contributed by atoms with van der Waals surface area (Å²) in [4.78, 5) is 14.7. The Bertz CT molecular complexity index is 708. The number of carbonyl (C=O) groups excluding carboxylic acids is 1. The van der Waals surface area contributed by atoms with E-state index in [0.29, 0.717) is 17.5 Å². The summed E-state index contributed by atoms with van der Waals surface area (Å²) in [6.45, 7) is 5.65. The van der Waals surface area contributed by atoms with Gasteiger partial charge in [-0.1, -0.05) is 13.0 Å². The number of piperidine rings is 1. The molecule has 0 unspecified atom stereocenters. The van der Waals surface area contributed by atoms with Gasteiger partial charge in [0.25, 0.3) is 5.91 Å². The lowest BCUT2D eigenvalue weighted by Crippen LogP contribution is -2.44. The van der Waals surface area contributed by atoms with Crippen LogP contribution in [0.3, 0.4) is 0 Å². The summed E-state index contributed by atoms with van der Waals surface area (Å²) in [6.07, 6.45) is 3.22. The van der Waals surface area contributed by atoms with Gasteiger partial charge in [-0.2, -0.15) is 0 Å². The van der Waals surface area contributed by atoms with Gasteiger partial charge in [0.1, 0.15) is 0 Å². The number of halogens is 1. The van der Waals surface area contributed by atoms with Gasteiger partial charge >= 0.3 is 0 Å². The van der Waals surface area contributed by atoms with Crippen molar-refractivity contribution >= 4 is 28.3 Å². The summed E-state index contributed by atoms with van der Waals surface area (Å²) in [5.41, 5.74) is 0.794. The van der Waals surface area contributed by atoms with Crippen molar-refractivity contribution in [1.29, 1.82) is 0 Å². The maximum absolute atomic E-state index is 12.7. The number of nitrogens with one attached hydrogen (secondary N) is 2. The second-order valence-corrected chi connectivity index (χ2v) is 8.52. The fourth-order valence-electron chi connectivity index (χ4n) is 3.66. The van der Waals surface area contributed by atoms with Gasteiger partial charge in [0, 0.05) is 31.7 Å². The third-order valence-electron chi connectivity index (χ3n) is 5.17. The van der Waals surface area contributed by atoms with Crippen LogP contribution in [-0.4, -0.2) is 51.9 Å². The molecule has 0 saturated carbocycles. The van der Waals surface area contributed by atoms with Crippen LogP contribution < -0.4 is 10.0 Å². The summed E-state index contributed by atoms with van der Waals surface area (Å²) in [5, 5.41) is 3.42. The standard InChI is InChI=1S/C17H25N3O3S.ClH/c1-2-19-24(22,23)15-5-3-4-14(12-15)16(21)20-10-7-17(8-11-20)6-9-18-13-17;/h3-5,12,18-19H,2,6-11,13H2,1H3;1H. The van der Waals surface area contributed by atoms with Crippen LogP contribution in [0.5, 0.6) is 0 Å². The van der Waals surface area contributed by atoms with Gasteiger partial charge < -0.3 is 10.2 Å². The number of rotatable bonds is 4. The summed E-state index contributed by atoms with van der Waals surface area (Å²) < 4.78 is 26.7. The van der Waals surface area contributed by atoms with Crippen molar-refractivity contribution in [3.63, 3.8) is 0 Å². The first-order chi connectivity index (χ1) is 11.5. The van der Waals surface area contributed by atoms with Crippen LogP contribution in [-0.2, 0) is 10.0 Å². The zero-order valence-electron chi connectivity index (χ0n) is 14.5. The first-order valence-electron chi connectivity index (χ1n) is 8.56. The largest absolute Gasteiger partial charge is 0.339 e. The smallest absolute Gasteiger partial charge is 0.253 e. The number of hydrogen-bond acceptors (Lipinski definition) is 4. The molecule has 3 rings (SSSR count). The Morgan fingerprint density at radius 3 is 2.60 bits per heavy atom. The highest BCUT2D eigenvalue weighted by Gasteiger charge is 2.38. The molecular formula is C17H26ClN3O3S. The Morgan fingerprint density at radius 2 is 2.00 bits per heavy atom. The monoisotopic (exact) mass is 387 g/mol. The molecule has 0 aliphatic carbocycles. The highest BCUT2D eigenvalue weighted by atomic mass is 35.5. The molecule has 6 nitrogen and oxygen atoms in total. The minimum absolute atomic E-state index is 0. The molecule has 0 atom stereocenters. The van der Waals surface area contributed by atoms with Gasteiger partial charge in [-0.15, -0.1) is 12.4 Å². The molecule has 2 saturated heterocycles. The maximum atomic E-state index is 12.7. The van der Waals surface area contributed by atoms with Crippen LogP contribution in [0.2, 0.25) is 0 Å². The molecule has 0 radical (unpaired) electrons. The van der Waals surface area contributed by atoms with Crippen LogP contribution in [0, 0.1) is 5.41 Å². The molecule has 0 aromatic heterocycles. The lowest BCUT2D eigenvalue weighted by Gasteiger charge is -2.38. The number of benzene rings is 1. The van der Waals surface area contributed by atoms with E-state index in [-0.39, 0.29) is 23.2 Å². The molecule has 2 aliphatic heterocycles. The summed E-state index contributed by atoms with van der Waals surface area (Å²) in [6, 6.07) is 6.31. The second kappa shape index (κ2) is 8.03. The molecule has 2 heterocycles. The Kier molecular flexibility index (Phi) is 6.48. The van der Waals surface area contributed by atoms with E-state index in [9.17, 15) is 13.2 Å². The van der Waals surface area contributed by atoms with Crippen molar-refractivity contribution in [2.75, 3.05) is 32.7 Å². The van der Waals surface area contributed by atoms with Crippen LogP contribution in [0.25, 0.3) is 0 Å². The van der Waals surface area contributed by atoms with E-state index >= 15 is 0 Å². The summed E-state index contributed by atoms with van der Waals surface area (Å²) >= 11 is 0. The first kappa shape index (κ1) is 20.2. The lowest BCUT2D eigenvalue weighted by atomic mass is 9.78. The van der Waals surface area contributed by atoms with E-state index in [2.05, 4.69) is 10.0 Å². The van der Waals surface area contributed by atoms with E-state index in [1.165, 1.54) is 18.6 Å². The molecule has 1 aromatic carbocycles. The SMILES string of the molecule is CCNS(=O)(=O)c1cccc(C(=O)N2CCC3(CCNC3)CC2)c1.Cl. The van der Waals surface area contributed by atoms with Crippen molar-refractivity contribution in [2.24, 2.45) is 5.41 Å². The topological polar surface area (TPSA) is 78.5 Å². The van der Waals surface area contributed by atoms with E-state index < -0.39 is 10.0 Å². The van der Waals surface area contributed by atoms with Gasteiger partial charge in [-0.25, -0.2) is 13.1 Å². The molecule has 2 aliphatic rings. The highest BCUT2D eigenvalue weighted by molar-refractivity contribution is 7.89. The van der Waals surface area contributed by atoms with Gasteiger partial charge in [0.15, 0.2) is 0 Å². The van der Waals surface area contributed by atoms with E-state index in [4.69, 9.17) is 0 Å². The van der Waals surface area contributed by atoms with Crippen LogP contribution in [0.4, 0.5) is 0 Å². The third-order valence-corrected chi connectivity index (χ3v) is 6.71. The number of nitrogens with zero attached hydrogens (tertiary/aromatic N) is 1. The van der Waals surface area contributed by atoms with Crippen molar-refractivity contribution in [3.05, 3.63) is 29.8 Å². The molecule has 1 aromatic rings. The van der Waals surface area contributed by atoms with Crippen LogP contribution in [0.15, 0.2) is 29.2 Å². The third kappa shape index (κ3) is 4.34. The number of hydrogen-bond donors (Lipinski definition) is 2. The van der Waals surface area contributed by atoms with Crippen molar-refractivity contribution in [1.82, 2.24) is 14.9 Å². The van der Waals surface area contributed by atoms with Gasteiger partial charge in [-0.3, -0.25) is 4.79 Å². The summed E-state index contributed by atoms with van der Waals surface area (Å²) in [7, 11) is -3.54. The number of amides is 1. The molecule has 2 fully saturated rings. The van der Waals surface area contributed by atoms with Crippen molar-refractivity contribution in [2.45, 2.75) is 31.1 Å². The van der Waals surface area contributed by atoms with Crippen molar-refractivity contribution < 1.29 is 13.2 Å². The molecule has 8 heteroatoms. The molecule has 1 spiro atoms. The minimum atomic E-state index is -3.54.